The van der Waals surface area contributed by atoms with Gasteiger partial charge in [-0.2, -0.15) is 0 Å². The molecule has 8 nitrogen and oxygen atoms in total. The molecule has 0 spiro atoms. The summed E-state index contributed by atoms with van der Waals surface area (Å²) in [4.78, 5) is 49.6. The summed E-state index contributed by atoms with van der Waals surface area (Å²) >= 11 is 6.59. The van der Waals surface area contributed by atoms with Gasteiger partial charge in [0.2, 0.25) is 5.91 Å². The Bertz CT molecular complexity index is 1810. The Morgan fingerprint density at radius 1 is 1.20 bits per heavy atom. The van der Waals surface area contributed by atoms with E-state index in [4.69, 9.17) is 11.6 Å². The fourth-order valence-corrected chi connectivity index (χ4v) is 5.29. The topological polar surface area (TPSA) is 90.1 Å². The van der Waals surface area contributed by atoms with E-state index < -0.39 is 35.1 Å². The van der Waals surface area contributed by atoms with Crippen LogP contribution in [0.4, 0.5) is 8.78 Å². The Balaban J connectivity index is 1.83. The molecule has 1 aliphatic heterocycles. The number of nitrogens with zero attached hydrogens (tertiary/aromatic N) is 5. The first-order chi connectivity index (χ1) is 19.0. The van der Waals surface area contributed by atoms with Gasteiger partial charge in [0.1, 0.15) is 5.82 Å². The van der Waals surface area contributed by atoms with Gasteiger partial charge < -0.3 is 4.90 Å². The summed E-state index contributed by atoms with van der Waals surface area (Å²) in [5.41, 5.74) is -2.14. The van der Waals surface area contributed by atoms with E-state index in [9.17, 15) is 18.8 Å². The summed E-state index contributed by atoms with van der Waals surface area (Å²) in [6.45, 7) is 7.91. The van der Waals surface area contributed by atoms with Gasteiger partial charge in [0.15, 0.2) is 11.3 Å². The van der Waals surface area contributed by atoms with Crippen LogP contribution in [0.5, 0.6) is 0 Å². The standard InChI is InChI=1S/C29H26ClF2N5O3/c1-5-22(38)35-13-29(32,14-35)15-36-21-12-19(30)24(18-8-6-7-9-20(18)31)34-26(21)37(28(40)27(36)39)25-17(4)10-11-33-23(25)16(2)3/h5-12,16H,1,13-15H2,2-4H3. The van der Waals surface area contributed by atoms with Crippen LogP contribution in [0.1, 0.15) is 31.0 Å². The van der Waals surface area contributed by atoms with Crippen molar-refractivity contribution in [2.45, 2.75) is 38.9 Å². The summed E-state index contributed by atoms with van der Waals surface area (Å²) in [5.74, 6) is -1.15. The molecular weight excluding hydrogens is 540 g/mol. The van der Waals surface area contributed by atoms with Crippen LogP contribution in [-0.4, -0.2) is 48.7 Å². The van der Waals surface area contributed by atoms with Crippen LogP contribution < -0.4 is 11.1 Å². The predicted octanol–water partition coefficient (Wildman–Crippen LogP) is 4.57. The number of pyridine rings is 2. The third-order valence-electron chi connectivity index (χ3n) is 7.00. The van der Waals surface area contributed by atoms with Gasteiger partial charge in [-0.15, -0.1) is 0 Å². The van der Waals surface area contributed by atoms with E-state index in [-0.39, 0.29) is 46.5 Å². The lowest BCUT2D eigenvalue weighted by molar-refractivity contribution is -0.141. The molecule has 0 N–H and O–H groups in total. The highest BCUT2D eigenvalue weighted by Crippen LogP contribution is 2.34. The van der Waals surface area contributed by atoms with Gasteiger partial charge in [0, 0.05) is 11.8 Å². The molecule has 5 rings (SSSR count). The molecule has 4 heterocycles. The first-order valence-corrected chi connectivity index (χ1v) is 13.0. The first kappa shape index (κ1) is 27.4. The summed E-state index contributed by atoms with van der Waals surface area (Å²) in [6.07, 6.45) is 2.69. The largest absolute Gasteiger partial charge is 0.332 e. The average Bonchev–Trinajstić information content (AvgIpc) is 2.90. The third-order valence-corrected chi connectivity index (χ3v) is 7.29. The zero-order chi connectivity index (χ0) is 28.9. The number of amides is 1. The number of halogens is 3. The van der Waals surface area contributed by atoms with Crippen molar-refractivity contribution >= 4 is 28.7 Å². The van der Waals surface area contributed by atoms with E-state index in [0.717, 1.165) is 15.2 Å². The van der Waals surface area contributed by atoms with Crippen LogP contribution in [0, 0.1) is 12.7 Å². The SMILES string of the molecule is C=CC(=O)N1CC(F)(Cn2c(=O)c(=O)n(-c3c(C)ccnc3C(C)C)c3nc(-c4ccccc4F)c(Cl)cc32)C1. The van der Waals surface area contributed by atoms with E-state index in [1.807, 2.05) is 13.8 Å². The number of aromatic nitrogens is 4. The second-order valence-electron chi connectivity index (χ2n) is 10.2. The van der Waals surface area contributed by atoms with E-state index >= 15 is 4.39 Å². The van der Waals surface area contributed by atoms with Crippen LogP contribution in [0.25, 0.3) is 28.1 Å². The van der Waals surface area contributed by atoms with E-state index in [2.05, 4.69) is 16.5 Å². The molecule has 0 saturated carbocycles. The lowest BCUT2D eigenvalue weighted by atomic mass is 9.95. The molecular formula is C29H26ClF2N5O3. The predicted molar refractivity (Wildman–Crippen MR) is 149 cm³/mol. The Hall–Kier alpha value is -4.18. The number of likely N-dealkylation sites (tertiary alicyclic amines) is 1. The van der Waals surface area contributed by atoms with Crippen molar-refractivity contribution in [3.63, 3.8) is 0 Å². The molecule has 11 heteroatoms. The number of alkyl halides is 1. The zero-order valence-corrected chi connectivity index (χ0v) is 22.9. The zero-order valence-electron chi connectivity index (χ0n) is 22.1. The molecule has 1 amide bonds. The minimum Gasteiger partial charge on any atom is -0.332 e. The fourth-order valence-electron chi connectivity index (χ4n) is 5.05. The Kier molecular flexibility index (Phi) is 6.91. The van der Waals surface area contributed by atoms with Gasteiger partial charge in [0.05, 0.1) is 47.2 Å². The molecule has 1 fully saturated rings. The minimum atomic E-state index is -1.97. The molecule has 4 aromatic rings. The number of aryl methyl sites for hydroxylation is 1. The Labute approximate surface area is 233 Å². The maximum absolute atomic E-state index is 15.7. The minimum absolute atomic E-state index is 0.00722. The molecule has 0 aliphatic carbocycles. The summed E-state index contributed by atoms with van der Waals surface area (Å²) in [7, 11) is 0. The van der Waals surface area contributed by atoms with Gasteiger partial charge in [-0.1, -0.05) is 44.2 Å². The molecule has 0 radical (unpaired) electrons. The van der Waals surface area contributed by atoms with Crippen LogP contribution >= 0.6 is 11.6 Å². The van der Waals surface area contributed by atoms with E-state index in [0.29, 0.717) is 16.9 Å². The van der Waals surface area contributed by atoms with Crippen molar-refractivity contribution in [1.82, 2.24) is 24.0 Å². The molecule has 0 unspecified atom stereocenters. The monoisotopic (exact) mass is 565 g/mol. The Morgan fingerprint density at radius 2 is 1.90 bits per heavy atom. The normalized spacial score (nSPS) is 14.4. The second kappa shape index (κ2) is 10.1. The van der Waals surface area contributed by atoms with Crippen LogP contribution in [-0.2, 0) is 11.3 Å². The third kappa shape index (κ3) is 4.52. The van der Waals surface area contributed by atoms with Crippen LogP contribution in [0.15, 0.2) is 64.8 Å². The molecule has 0 atom stereocenters. The van der Waals surface area contributed by atoms with Gasteiger partial charge in [-0.3, -0.25) is 28.5 Å². The van der Waals surface area contributed by atoms with Crippen molar-refractivity contribution in [3.05, 3.63) is 98.1 Å². The molecule has 1 saturated heterocycles. The van der Waals surface area contributed by atoms with E-state index in [1.54, 1.807) is 25.3 Å². The number of hydrogen-bond donors (Lipinski definition) is 0. The van der Waals surface area contributed by atoms with Crippen molar-refractivity contribution in [3.8, 4) is 16.9 Å². The molecule has 40 heavy (non-hydrogen) atoms. The number of benzene rings is 1. The fraction of sp³-hybridized carbons (Fsp3) is 0.276. The number of carbonyl (C=O) groups is 1. The highest BCUT2D eigenvalue weighted by Gasteiger charge is 2.46. The van der Waals surface area contributed by atoms with Crippen LogP contribution in [0.3, 0.4) is 0 Å². The quantitative estimate of drug-likeness (QED) is 0.252. The van der Waals surface area contributed by atoms with Gasteiger partial charge >= 0.3 is 11.1 Å². The summed E-state index contributed by atoms with van der Waals surface area (Å²) in [5, 5.41) is 0.00733. The molecule has 1 aromatic carbocycles. The van der Waals surface area contributed by atoms with Gasteiger partial charge in [-0.05, 0) is 48.7 Å². The van der Waals surface area contributed by atoms with E-state index in [1.165, 1.54) is 29.2 Å². The number of rotatable bonds is 6. The van der Waals surface area contributed by atoms with Crippen LogP contribution in [0.2, 0.25) is 5.02 Å². The highest BCUT2D eigenvalue weighted by molar-refractivity contribution is 6.33. The number of hydrogen-bond acceptors (Lipinski definition) is 5. The summed E-state index contributed by atoms with van der Waals surface area (Å²) in [6, 6.07) is 8.99. The first-order valence-electron chi connectivity index (χ1n) is 12.6. The maximum atomic E-state index is 15.7. The maximum Gasteiger partial charge on any atom is 0.322 e. The van der Waals surface area contributed by atoms with Crippen molar-refractivity contribution in [2.75, 3.05) is 13.1 Å². The number of fused-ring (bicyclic) bond motifs is 1. The molecule has 0 bridgehead atoms. The van der Waals surface area contributed by atoms with Gasteiger partial charge in [0.25, 0.3) is 0 Å². The molecule has 3 aromatic heterocycles. The second-order valence-corrected chi connectivity index (χ2v) is 10.6. The van der Waals surface area contributed by atoms with Crippen molar-refractivity contribution in [1.29, 1.82) is 0 Å². The highest BCUT2D eigenvalue weighted by atomic mass is 35.5. The average molecular weight is 566 g/mol. The van der Waals surface area contributed by atoms with Crippen molar-refractivity contribution < 1.29 is 13.6 Å². The lowest BCUT2D eigenvalue weighted by Crippen LogP contribution is -2.63. The number of carbonyl (C=O) groups excluding carboxylic acids is 1. The van der Waals surface area contributed by atoms with Crippen molar-refractivity contribution in [2.24, 2.45) is 0 Å². The smallest absolute Gasteiger partial charge is 0.322 e. The van der Waals surface area contributed by atoms with Gasteiger partial charge in [-0.25, -0.2) is 13.8 Å². The Morgan fingerprint density at radius 3 is 2.55 bits per heavy atom. The molecule has 1 aliphatic rings. The lowest BCUT2D eigenvalue weighted by Gasteiger charge is -2.44. The molecule has 206 valence electrons. The summed E-state index contributed by atoms with van der Waals surface area (Å²) < 4.78 is 32.7.